The van der Waals surface area contributed by atoms with E-state index in [1.54, 1.807) is 0 Å². The van der Waals surface area contributed by atoms with Crippen molar-refractivity contribution in [2.45, 2.75) is 6.92 Å². The van der Waals surface area contributed by atoms with E-state index in [0.29, 0.717) is 0 Å². The summed E-state index contributed by atoms with van der Waals surface area (Å²) in [6.07, 6.45) is 6.14. The van der Waals surface area contributed by atoms with Crippen LogP contribution in [0.2, 0.25) is 0 Å². The van der Waals surface area contributed by atoms with Crippen LogP contribution in [0.1, 0.15) is 6.92 Å². The molecule has 0 radical (unpaired) electrons. The number of fused-ring (bicyclic) bond motifs is 3. The molecular weight excluding hydrogens is 364 g/mol. The Morgan fingerprint density at radius 3 is 2.07 bits per heavy atom. The summed E-state index contributed by atoms with van der Waals surface area (Å²) in [7, 11) is 0. The molecule has 3 aromatic carbocycles. The number of aromatic nitrogens is 2. The molecule has 0 fully saturated rings. The van der Waals surface area contributed by atoms with Crippen molar-refractivity contribution in [3.63, 3.8) is 0 Å². The second-order valence-corrected chi connectivity index (χ2v) is 7.24. The normalized spacial score (nSPS) is 12.7. The van der Waals surface area contributed by atoms with Gasteiger partial charge in [0.2, 0.25) is 0 Å². The minimum atomic E-state index is 0.953. The number of nitrogens with zero attached hydrogens (tertiary/aromatic N) is 2. The summed E-state index contributed by atoms with van der Waals surface area (Å²) in [6.45, 7) is 6.05. The predicted octanol–water partition coefficient (Wildman–Crippen LogP) is 5.59. The van der Waals surface area contributed by atoms with E-state index in [-0.39, 0.29) is 0 Å². The second-order valence-electron chi connectivity index (χ2n) is 7.24. The highest BCUT2D eigenvalue weighted by atomic mass is 15.0. The fourth-order valence-electron chi connectivity index (χ4n) is 4.24. The Kier molecular flexibility index (Phi) is 4.53. The number of hydrogen-bond donors (Lipinski definition) is 0. The van der Waals surface area contributed by atoms with Gasteiger partial charge in [-0.15, -0.1) is 0 Å². The van der Waals surface area contributed by atoms with Gasteiger partial charge in [0, 0.05) is 21.7 Å². The van der Waals surface area contributed by atoms with Crippen LogP contribution in [0.4, 0.5) is 0 Å². The van der Waals surface area contributed by atoms with Gasteiger partial charge in [0.1, 0.15) is 5.82 Å². The molecule has 0 unspecified atom stereocenters. The second kappa shape index (κ2) is 7.49. The highest BCUT2D eigenvalue weighted by Crippen LogP contribution is 2.30. The number of imidazole rings is 1. The molecule has 5 rings (SSSR count). The Bertz CT molecular complexity index is 1490. The van der Waals surface area contributed by atoms with Crippen molar-refractivity contribution < 1.29 is 0 Å². The minimum absolute atomic E-state index is 0.953. The van der Waals surface area contributed by atoms with Gasteiger partial charge in [-0.3, -0.25) is 4.40 Å². The third-order valence-corrected chi connectivity index (χ3v) is 5.51. The summed E-state index contributed by atoms with van der Waals surface area (Å²) in [5.41, 5.74) is 5.46. The molecule has 0 bridgehead atoms. The van der Waals surface area contributed by atoms with Gasteiger partial charge in [-0.05, 0) is 18.2 Å². The number of benzene rings is 3. The molecule has 2 heteroatoms. The summed E-state index contributed by atoms with van der Waals surface area (Å²) in [5, 5.41) is 3.53. The molecular formula is C28H22N2. The molecule has 2 aromatic heterocycles. The maximum atomic E-state index is 5.19. The predicted molar refractivity (Wildman–Crippen MR) is 128 cm³/mol. The third-order valence-electron chi connectivity index (χ3n) is 5.51. The molecule has 0 saturated heterocycles. The zero-order valence-electron chi connectivity index (χ0n) is 16.9. The number of rotatable bonds is 3. The van der Waals surface area contributed by atoms with Gasteiger partial charge in [0.25, 0.3) is 0 Å². The Labute approximate surface area is 175 Å². The lowest BCUT2D eigenvalue weighted by Crippen LogP contribution is -2.28. The van der Waals surface area contributed by atoms with Crippen LogP contribution in [0.15, 0.2) is 97.6 Å². The highest BCUT2D eigenvalue weighted by molar-refractivity contribution is 5.92. The molecule has 30 heavy (non-hydrogen) atoms. The van der Waals surface area contributed by atoms with E-state index < -0.39 is 0 Å². The van der Waals surface area contributed by atoms with Crippen molar-refractivity contribution in [2.24, 2.45) is 0 Å². The first-order chi connectivity index (χ1) is 14.8. The van der Waals surface area contributed by atoms with Crippen molar-refractivity contribution in [2.75, 3.05) is 0 Å². The van der Waals surface area contributed by atoms with Gasteiger partial charge in [-0.2, -0.15) is 0 Å². The molecule has 5 aromatic rings. The first-order valence-corrected chi connectivity index (χ1v) is 10.2. The van der Waals surface area contributed by atoms with Crippen molar-refractivity contribution in [1.29, 1.82) is 0 Å². The standard InChI is InChI=1S/C28H22N2/c1-3-13-23-22(4-2)27-26(20-14-7-5-8-15-20)29-28(21-16-9-6-10-17-21)30(27)25-19-12-11-18-24(23)25/h3-19H,1H2,2H3/b22-4+,23-13+. The van der Waals surface area contributed by atoms with Crippen LogP contribution >= 0.6 is 0 Å². The maximum absolute atomic E-state index is 5.19. The van der Waals surface area contributed by atoms with E-state index in [9.17, 15) is 0 Å². The molecule has 144 valence electrons. The van der Waals surface area contributed by atoms with Gasteiger partial charge >= 0.3 is 0 Å². The highest BCUT2D eigenvalue weighted by Gasteiger charge is 2.18. The van der Waals surface area contributed by atoms with Gasteiger partial charge in [-0.1, -0.05) is 104 Å². The Morgan fingerprint density at radius 1 is 0.767 bits per heavy atom. The molecule has 2 nitrogen and oxygen atoms in total. The molecule has 0 spiro atoms. The maximum Gasteiger partial charge on any atom is 0.145 e. The fraction of sp³-hybridized carbons (Fsp3) is 0.0357. The number of hydrogen-bond acceptors (Lipinski definition) is 1. The van der Waals surface area contributed by atoms with Gasteiger partial charge in [0.15, 0.2) is 0 Å². The van der Waals surface area contributed by atoms with Gasteiger partial charge in [-0.25, -0.2) is 4.98 Å². The largest absolute Gasteiger partial charge is 0.291 e. The molecule has 0 atom stereocenters. The van der Waals surface area contributed by atoms with Crippen LogP contribution in [0.5, 0.6) is 0 Å². The molecule has 0 saturated carbocycles. The van der Waals surface area contributed by atoms with Crippen molar-refractivity contribution in [1.82, 2.24) is 9.38 Å². The van der Waals surface area contributed by atoms with Crippen LogP contribution in [0, 0.1) is 0 Å². The summed E-state index contributed by atoms with van der Waals surface area (Å²) in [6, 6.07) is 29.4. The van der Waals surface area contributed by atoms with Crippen molar-refractivity contribution in [3.8, 4) is 22.6 Å². The number of allylic oxidation sites excluding steroid dienone is 1. The van der Waals surface area contributed by atoms with Gasteiger partial charge < -0.3 is 0 Å². The van der Waals surface area contributed by atoms with E-state index in [2.05, 4.69) is 103 Å². The van der Waals surface area contributed by atoms with E-state index in [1.165, 1.54) is 15.8 Å². The lowest BCUT2D eigenvalue weighted by Gasteiger charge is -2.09. The lowest BCUT2D eigenvalue weighted by molar-refractivity contribution is 1.21. The smallest absolute Gasteiger partial charge is 0.145 e. The van der Waals surface area contributed by atoms with Crippen LogP contribution in [-0.4, -0.2) is 9.38 Å². The molecule has 0 aliphatic rings. The lowest BCUT2D eigenvalue weighted by atomic mass is 10.1. The quantitative estimate of drug-likeness (QED) is 0.395. The molecule has 0 amide bonds. The van der Waals surface area contributed by atoms with Crippen LogP contribution in [0.25, 0.3) is 51.2 Å². The summed E-state index contributed by atoms with van der Waals surface area (Å²) in [4.78, 5) is 5.19. The molecule has 0 aliphatic heterocycles. The SMILES string of the molecule is C=C/C=c1\c(=C/C)c2c(-c3ccccc3)nc(-c3ccccc3)n2c2ccccc12. The van der Waals surface area contributed by atoms with E-state index >= 15 is 0 Å². The van der Waals surface area contributed by atoms with Gasteiger partial charge in [0.05, 0.1) is 16.7 Å². The Morgan fingerprint density at radius 2 is 1.40 bits per heavy atom. The Balaban J connectivity index is 2.11. The van der Waals surface area contributed by atoms with E-state index in [1.807, 2.05) is 18.2 Å². The van der Waals surface area contributed by atoms with Crippen LogP contribution < -0.4 is 10.4 Å². The van der Waals surface area contributed by atoms with E-state index in [0.717, 1.165) is 33.7 Å². The first kappa shape index (κ1) is 18.1. The average Bonchev–Trinajstić information content (AvgIpc) is 3.21. The Hall–Kier alpha value is -3.91. The summed E-state index contributed by atoms with van der Waals surface area (Å²) >= 11 is 0. The minimum Gasteiger partial charge on any atom is -0.291 e. The first-order valence-electron chi connectivity index (χ1n) is 10.2. The van der Waals surface area contributed by atoms with Crippen LogP contribution in [-0.2, 0) is 0 Å². The zero-order chi connectivity index (χ0) is 20.5. The monoisotopic (exact) mass is 386 g/mol. The molecule has 0 aliphatic carbocycles. The third kappa shape index (κ3) is 2.77. The number of pyridine rings is 1. The number of para-hydroxylation sites is 1. The summed E-state index contributed by atoms with van der Waals surface area (Å²) in [5.74, 6) is 0.953. The average molecular weight is 386 g/mol. The van der Waals surface area contributed by atoms with Crippen LogP contribution in [0.3, 0.4) is 0 Å². The molecule has 0 N–H and O–H groups in total. The van der Waals surface area contributed by atoms with E-state index in [4.69, 9.17) is 4.98 Å². The van der Waals surface area contributed by atoms with Crippen molar-refractivity contribution in [3.05, 3.63) is 108 Å². The topological polar surface area (TPSA) is 17.3 Å². The fourth-order valence-corrected chi connectivity index (χ4v) is 4.24. The molecule has 2 heterocycles. The summed E-state index contributed by atoms with van der Waals surface area (Å²) < 4.78 is 2.31. The van der Waals surface area contributed by atoms with Crippen molar-refractivity contribution >= 4 is 28.6 Å². The zero-order valence-corrected chi connectivity index (χ0v) is 16.9.